The Kier molecular flexibility index (Phi) is 6.05. The van der Waals surface area contributed by atoms with E-state index in [9.17, 15) is 30.4 Å². The average molecular weight is 326 g/mol. The van der Waals surface area contributed by atoms with E-state index in [1.165, 1.54) is 6.92 Å². The van der Waals surface area contributed by atoms with Crippen molar-refractivity contribution in [1.82, 2.24) is 0 Å². The van der Waals surface area contributed by atoms with E-state index in [0.29, 0.717) is 0 Å². The Morgan fingerprint density at radius 2 is 1.87 bits per heavy atom. The number of esters is 1. The predicted octanol–water partition coefficient (Wildman–Crippen LogP) is 1.87. The number of anilines is 2. The Balaban J connectivity index is 3.65. The number of ether oxygens (including phenoxy) is 1. The summed E-state index contributed by atoms with van der Waals surface area (Å²) in [6.45, 7) is 4.32. The highest BCUT2D eigenvalue weighted by Gasteiger charge is 2.47. The molecule has 0 aromatic heterocycles. The van der Waals surface area contributed by atoms with Crippen LogP contribution in [-0.2, 0) is 19.7 Å². The van der Waals surface area contributed by atoms with Crippen LogP contribution in [0.4, 0.5) is 11.4 Å². The van der Waals surface area contributed by atoms with Crippen molar-refractivity contribution in [3.05, 3.63) is 34.2 Å². The van der Waals surface area contributed by atoms with Crippen molar-refractivity contribution < 1.29 is 24.7 Å². The van der Waals surface area contributed by atoms with Crippen LogP contribution in [-0.4, -0.2) is 28.8 Å². The molecule has 0 saturated heterocycles. The summed E-state index contributed by atoms with van der Waals surface area (Å²) in [5, 5.41) is 39.3. The molecule has 0 aliphatic rings. The average Bonchev–Trinajstić information content (AvgIpc) is 2.48. The molecule has 0 spiro atoms. The van der Waals surface area contributed by atoms with E-state index in [0.717, 1.165) is 18.2 Å². The van der Waals surface area contributed by atoms with Crippen molar-refractivity contribution >= 4 is 23.1 Å². The van der Waals surface area contributed by atoms with Crippen molar-refractivity contribution in [3.8, 4) is 0 Å². The number of carbonyl (C=O) groups excluding carboxylic acids is 2. The maximum atomic E-state index is 12.4. The van der Waals surface area contributed by atoms with Crippen LogP contribution in [0, 0.1) is 10.4 Å². The topological polar surface area (TPSA) is 136 Å². The lowest BCUT2D eigenvalue weighted by atomic mass is 9.74. The molecule has 23 heavy (non-hydrogen) atoms. The van der Waals surface area contributed by atoms with Crippen LogP contribution in [0.3, 0.4) is 0 Å². The molecule has 2 N–H and O–H groups in total. The number of ketones is 1. The molecular weight excluding hydrogens is 308 g/mol. The zero-order chi connectivity index (χ0) is 17.8. The molecule has 0 aliphatic heterocycles. The van der Waals surface area contributed by atoms with Gasteiger partial charge in [0.05, 0.1) is 6.61 Å². The molecule has 0 amide bonds. The fourth-order valence-corrected chi connectivity index (χ4v) is 2.44. The summed E-state index contributed by atoms with van der Waals surface area (Å²) in [6, 6.07) is 3.09. The van der Waals surface area contributed by atoms with Crippen LogP contribution in [0.2, 0.25) is 0 Å². The van der Waals surface area contributed by atoms with Gasteiger partial charge >= 0.3 is 5.97 Å². The molecule has 0 heterocycles. The zero-order valence-corrected chi connectivity index (χ0v) is 13.0. The minimum absolute atomic E-state index is 0.0141. The predicted molar refractivity (Wildman–Crippen MR) is 81.0 cm³/mol. The van der Waals surface area contributed by atoms with Crippen molar-refractivity contribution in [1.29, 1.82) is 0 Å². The highest BCUT2D eigenvalue weighted by atomic mass is 16.8. The lowest BCUT2D eigenvalue weighted by molar-refractivity contribution is -0.154. The van der Waals surface area contributed by atoms with Crippen molar-refractivity contribution in [3.63, 3.8) is 0 Å². The van der Waals surface area contributed by atoms with Gasteiger partial charge in [-0.1, -0.05) is 13.0 Å². The fraction of sp³-hybridized carbons (Fsp3) is 0.429. The molecule has 9 nitrogen and oxygen atoms in total. The Bertz CT molecular complexity index is 588. The first-order chi connectivity index (χ1) is 10.7. The van der Waals surface area contributed by atoms with Gasteiger partial charge in [0.1, 0.15) is 5.69 Å². The zero-order valence-electron chi connectivity index (χ0n) is 13.0. The second-order valence-electron chi connectivity index (χ2n) is 4.78. The summed E-state index contributed by atoms with van der Waals surface area (Å²) in [5.74, 6) is -1.43. The van der Waals surface area contributed by atoms with Gasteiger partial charge in [-0.25, -0.2) is 0 Å². The first kappa shape index (κ1) is 18.8. The smallest absolute Gasteiger partial charge is 0.324 e. The Labute approximate surface area is 132 Å². The van der Waals surface area contributed by atoms with Gasteiger partial charge in [0, 0.05) is 11.3 Å². The number of carbonyl (C=O) groups is 2. The molecular formula is C14H18N2O7-2. The molecule has 1 atom stereocenters. The van der Waals surface area contributed by atoms with Crippen LogP contribution in [0.5, 0.6) is 0 Å². The molecule has 0 saturated carbocycles. The first-order valence-electron chi connectivity index (χ1n) is 6.87. The van der Waals surface area contributed by atoms with E-state index < -0.39 is 33.8 Å². The third-order valence-corrected chi connectivity index (χ3v) is 3.62. The first-order valence-corrected chi connectivity index (χ1v) is 6.87. The van der Waals surface area contributed by atoms with Gasteiger partial charge in [0.15, 0.2) is 11.2 Å². The summed E-state index contributed by atoms with van der Waals surface area (Å²) >= 11 is 0. The van der Waals surface area contributed by atoms with Gasteiger partial charge in [-0.3, -0.25) is 20.0 Å². The van der Waals surface area contributed by atoms with Crippen LogP contribution < -0.4 is 10.5 Å². The molecule has 0 radical (unpaired) electrons. The van der Waals surface area contributed by atoms with Gasteiger partial charge in [0.2, 0.25) is 0 Å². The third-order valence-electron chi connectivity index (χ3n) is 3.62. The van der Waals surface area contributed by atoms with Crippen LogP contribution >= 0.6 is 0 Å². The summed E-state index contributed by atoms with van der Waals surface area (Å²) < 4.78 is 4.95. The van der Waals surface area contributed by atoms with Gasteiger partial charge in [-0.2, -0.15) is 0 Å². The lowest BCUT2D eigenvalue weighted by Crippen LogP contribution is -2.44. The SMILES string of the molecule is CCOC(=O)C(CC)(C(C)=O)c1ccc(N([O-])[O-])cc1N(O)O. The molecule has 1 unspecified atom stereocenters. The van der Waals surface area contributed by atoms with E-state index >= 15 is 0 Å². The summed E-state index contributed by atoms with van der Waals surface area (Å²) in [7, 11) is 0. The molecule has 1 aromatic carbocycles. The molecule has 128 valence electrons. The third kappa shape index (κ3) is 3.42. The Morgan fingerprint density at radius 3 is 2.26 bits per heavy atom. The quantitative estimate of drug-likeness (QED) is 0.437. The van der Waals surface area contributed by atoms with E-state index in [4.69, 9.17) is 4.74 Å². The fourth-order valence-electron chi connectivity index (χ4n) is 2.44. The lowest BCUT2D eigenvalue weighted by Gasteiger charge is -2.39. The molecule has 9 heteroatoms. The second kappa shape index (κ2) is 7.38. The number of hydrogen-bond donors (Lipinski definition) is 2. The van der Waals surface area contributed by atoms with E-state index in [2.05, 4.69) is 0 Å². The molecule has 0 aliphatic carbocycles. The second-order valence-corrected chi connectivity index (χ2v) is 4.78. The standard InChI is InChI=1S/C14H18N2O7/c1-4-14(9(3)17,13(18)23-5-2)11-7-6-10(15(19)20)8-12(11)16(21)22/h6-8,21-22H,4-5H2,1-3H3/q-2. The van der Waals surface area contributed by atoms with Crippen LogP contribution in [0.15, 0.2) is 18.2 Å². The number of hydrogen-bond acceptors (Lipinski definition) is 9. The number of rotatable bonds is 7. The van der Waals surface area contributed by atoms with Crippen molar-refractivity contribution in [2.24, 2.45) is 0 Å². The Morgan fingerprint density at radius 1 is 1.26 bits per heavy atom. The number of benzene rings is 1. The van der Waals surface area contributed by atoms with Crippen molar-refractivity contribution in [2.75, 3.05) is 17.1 Å². The van der Waals surface area contributed by atoms with E-state index in [-0.39, 0.29) is 23.8 Å². The minimum atomic E-state index is -1.79. The summed E-state index contributed by atoms with van der Waals surface area (Å²) in [4.78, 5) is 24.6. The van der Waals surface area contributed by atoms with E-state index in [1.54, 1.807) is 13.8 Å². The normalized spacial score (nSPS) is 13.2. The molecule has 0 bridgehead atoms. The maximum Gasteiger partial charge on any atom is 0.324 e. The van der Waals surface area contributed by atoms with Crippen LogP contribution in [0.25, 0.3) is 0 Å². The highest BCUT2D eigenvalue weighted by molar-refractivity contribution is 6.10. The van der Waals surface area contributed by atoms with Crippen LogP contribution in [0.1, 0.15) is 32.8 Å². The summed E-state index contributed by atoms with van der Waals surface area (Å²) in [5.41, 5.74) is -2.73. The van der Waals surface area contributed by atoms with Gasteiger partial charge in [-0.15, -0.1) is 5.23 Å². The minimum Gasteiger partial charge on any atom is -0.769 e. The summed E-state index contributed by atoms with van der Waals surface area (Å²) in [6.07, 6.45) is -0.0141. The van der Waals surface area contributed by atoms with E-state index in [1.807, 2.05) is 0 Å². The largest absolute Gasteiger partial charge is 0.769 e. The monoisotopic (exact) mass is 326 g/mol. The number of Topliss-reactive ketones (excluding diaryl/α,β-unsaturated/α-hetero) is 1. The molecule has 0 fully saturated rings. The Hall–Kier alpha value is -2.20. The van der Waals surface area contributed by atoms with Gasteiger partial charge in [-0.05, 0) is 32.4 Å². The van der Waals surface area contributed by atoms with Gasteiger partial charge < -0.3 is 20.4 Å². The molecule has 1 aromatic rings. The highest BCUT2D eigenvalue weighted by Crippen LogP contribution is 2.38. The van der Waals surface area contributed by atoms with Gasteiger partial charge in [0.25, 0.3) is 0 Å². The molecule has 1 rings (SSSR count). The van der Waals surface area contributed by atoms with Crippen molar-refractivity contribution in [2.45, 2.75) is 32.6 Å². The maximum absolute atomic E-state index is 12.4. The number of nitrogens with zero attached hydrogens (tertiary/aromatic N) is 2.